The second-order valence-corrected chi connectivity index (χ2v) is 9.81. The van der Waals surface area contributed by atoms with Crippen molar-refractivity contribution < 1.29 is 19.1 Å². The van der Waals surface area contributed by atoms with Gasteiger partial charge in [-0.15, -0.1) is 11.3 Å². The average molecular weight is 530 g/mol. The molecule has 3 rings (SSSR count). The molecule has 0 saturated carbocycles. The Hall–Kier alpha value is -2.64. The summed E-state index contributed by atoms with van der Waals surface area (Å²) in [6, 6.07) is 11.9. The second kappa shape index (κ2) is 11.0. The summed E-state index contributed by atoms with van der Waals surface area (Å²) in [6.45, 7) is 10.1. The number of hydrogen-bond acceptors (Lipinski definition) is 5. The number of carbonyl (C=O) groups excluding carboxylic acids is 2. The lowest BCUT2D eigenvalue weighted by atomic mass is 9.97. The van der Waals surface area contributed by atoms with Crippen LogP contribution >= 0.6 is 27.3 Å². The first-order chi connectivity index (χ1) is 15.7. The molecule has 33 heavy (non-hydrogen) atoms. The molecule has 0 spiro atoms. The number of amides is 1. The van der Waals surface area contributed by atoms with Crippen LogP contribution in [0.5, 0.6) is 5.75 Å². The van der Waals surface area contributed by atoms with Crippen LogP contribution in [-0.2, 0) is 9.53 Å². The summed E-state index contributed by atoms with van der Waals surface area (Å²) in [6.07, 6.45) is 0. The van der Waals surface area contributed by atoms with Crippen LogP contribution in [0, 0.1) is 13.8 Å². The second-order valence-electron chi connectivity index (χ2n) is 8.07. The zero-order valence-corrected chi connectivity index (χ0v) is 21.9. The van der Waals surface area contributed by atoms with E-state index in [1.54, 1.807) is 6.92 Å². The molecular formula is C26H28BrNO4S. The number of hydrogen-bond donors (Lipinski definition) is 1. The highest BCUT2D eigenvalue weighted by atomic mass is 79.9. The fourth-order valence-electron chi connectivity index (χ4n) is 3.47. The van der Waals surface area contributed by atoms with Crippen molar-refractivity contribution in [2.75, 3.05) is 18.5 Å². The molecule has 1 amide bonds. The van der Waals surface area contributed by atoms with Gasteiger partial charge in [0.25, 0.3) is 5.91 Å². The molecule has 0 unspecified atom stereocenters. The van der Waals surface area contributed by atoms with Crippen molar-refractivity contribution in [3.8, 4) is 16.9 Å². The Kier molecular flexibility index (Phi) is 8.32. The van der Waals surface area contributed by atoms with Crippen molar-refractivity contribution in [1.29, 1.82) is 0 Å². The number of anilines is 1. The number of nitrogens with one attached hydrogen (secondary N) is 1. The minimum atomic E-state index is -0.461. The summed E-state index contributed by atoms with van der Waals surface area (Å²) in [5.41, 5.74) is 5.42. The predicted molar refractivity (Wildman–Crippen MR) is 138 cm³/mol. The highest BCUT2D eigenvalue weighted by Gasteiger charge is 2.24. The summed E-state index contributed by atoms with van der Waals surface area (Å²) in [7, 11) is 0. The molecule has 7 heteroatoms. The van der Waals surface area contributed by atoms with Crippen molar-refractivity contribution in [3.63, 3.8) is 0 Å². The van der Waals surface area contributed by atoms with Gasteiger partial charge in [-0.1, -0.05) is 43.7 Å². The van der Waals surface area contributed by atoms with E-state index in [1.807, 2.05) is 49.6 Å². The van der Waals surface area contributed by atoms with E-state index < -0.39 is 5.97 Å². The van der Waals surface area contributed by atoms with Gasteiger partial charge in [-0.25, -0.2) is 4.79 Å². The molecule has 0 saturated heterocycles. The van der Waals surface area contributed by atoms with Gasteiger partial charge in [-0.05, 0) is 71.4 Å². The number of ether oxygens (including phenoxy) is 2. The van der Waals surface area contributed by atoms with Crippen molar-refractivity contribution in [2.24, 2.45) is 0 Å². The van der Waals surface area contributed by atoms with Crippen LogP contribution in [0.4, 0.5) is 5.00 Å². The van der Waals surface area contributed by atoms with Crippen LogP contribution < -0.4 is 10.1 Å². The number of thiophene rings is 1. The van der Waals surface area contributed by atoms with E-state index in [0.717, 1.165) is 26.7 Å². The standard InChI is InChI=1S/C26H28BrNO4S/c1-6-31-26(30)24-20(19-9-7-16(4)11-17(19)5)14-33-25(24)28-23(29)13-32-22-10-8-18(15(2)3)12-21(22)27/h7-12,14-15H,6,13H2,1-5H3,(H,28,29). The van der Waals surface area contributed by atoms with Crippen molar-refractivity contribution >= 4 is 44.1 Å². The van der Waals surface area contributed by atoms with Crippen LogP contribution in [0.3, 0.4) is 0 Å². The van der Waals surface area contributed by atoms with Gasteiger partial charge >= 0.3 is 5.97 Å². The van der Waals surface area contributed by atoms with E-state index in [9.17, 15) is 9.59 Å². The molecule has 0 aliphatic carbocycles. The molecule has 0 fully saturated rings. The Bertz CT molecular complexity index is 1170. The van der Waals surface area contributed by atoms with Crippen LogP contribution in [-0.4, -0.2) is 25.1 Å². The zero-order chi connectivity index (χ0) is 24.1. The SMILES string of the molecule is CCOC(=O)c1c(-c2ccc(C)cc2C)csc1NC(=O)COc1ccc(C(C)C)cc1Br. The Balaban J connectivity index is 1.80. The van der Waals surface area contributed by atoms with Gasteiger partial charge in [0.05, 0.1) is 11.1 Å². The molecule has 0 bridgehead atoms. The largest absolute Gasteiger partial charge is 0.483 e. The molecule has 3 aromatic rings. The minimum absolute atomic E-state index is 0.182. The van der Waals surface area contributed by atoms with E-state index in [0.29, 0.717) is 22.2 Å². The quantitative estimate of drug-likeness (QED) is 0.315. The first-order valence-electron chi connectivity index (χ1n) is 10.8. The Morgan fingerprint density at radius 3 is 2.48 bits per heavy atom. The summed E-state index contributed by atoms with van der Waals surface area (Å²) in [4.78, 5) is 25.5. The van der Waals surface area contributed by atoms with Gasteiger partial charge in [-0.2, -0.15) is 0 Å². The van der Waals surface area contributed by atoms with Crippen molar-refractivity contribution in [2.45, 2.75) is 40.5 Å². The lowest BCUT2D eigenvalue weighted by Crippen LogP contribution is -2.21. The average Bonchev–Trinajstić information content (AvgIpc) is 3.16. The summed E-state index contributed by atoms with van der Waals surface area (Å²) in [5.74, 6) is 0.166. The number of carbonyl (C=O) groups is 2. The van der Waals surface area contributed by atoms with Crippen LogP contribution in [0.15, 0.2) is 46.3 Å². The van der Waals surface area contributed by atoms with Gasteiger partial charge in [0.15, 0.2) is 6.61 Å². The highest BCUT2D eigenvalue weighted by molar-refractivity contribution is 9.10. The number of rotatable bonds is 8. The van der Waals surface area contributed by atoms with E-state index in [-0.39, 0.29) is 19.1 Å². The van der Waals surface area contributed by atoms with Crippen LogP contribution in [0.2, 0.25) is 0 Å². The van der Waals surface area contributed by atoms with Crippen molar-refractivity contribution in [1.82, 2.24) is 0 Å². The summed E-state index contributed by atoms with van der Waals surface area (Å²) in [5, 5.41) is 5.16. The number of aryl methyl sites for hydroxylation is 2. The predicted octanol–water partition coefficient (Wildman–Crippen LogP) is 7.11. The first kappa shape index (κ1) is 25.0. The molecule has 1 aromatic heterocycles. The zero-order valence-electron chi connectivity index (χ0n) is 19.5. The third kappa shape index (κ3) is 6.03. The Labute approximate surface area is 207 Å². The normalized spacial score (nSPS) is 10.9. The smallest absolute Gasteiger partial charge is 0.341 e. The third-order valence-corrected chi connectivity index (χ3v) is 6.69. The molecule has 0 aliphatic heterocycles. The van der Waals surface area contributed by atoms with Crippen LogP contribution in [0.1, 0.15) is 53.7 Å². The summed E-state index contributed by atoms with van der Waals surface area (Å²) < 4.78 is 11.8. The molecule has 0 radical (unpaired) electrons. The molecule has 5 nitrogen and oxygen atoms in total. The maximum atomic E-state index is 12.8. The molecule has 174 valence electrons. The van der Waals surface area contributed by atoms with Gasteiger partial charge in [0.2, 0.25) is 0 Å². The van der Waals surface area contributed by atoms with E-state index in [4.69, 9.17) is 9.47 Å². The van der Waals surface area contributed by atoms with Crippen LogP contribution in [0.25, 0.3) is 11.1 Å². The first-order valence-corrected chi connectivity index (χ1v) is 12.5. The Morgan fingerprint density at radius 1 is 1.09 bits per heavy atom. The van der Waals surface area contributed by atoms with E-state index in [1.165, 1.54) is 16.9 Å². The molecule has 1 heterocycles. The molecule has 2 aromatic carbocycles. The van der Waals surface area contributed by atoms with Crippen molar-refractivity contribution in [3.05, 3.63) is 68.5 Å². The summed E-state index contributed by atoms with van der Waals surface area (Å²) >= 11 is 4.80. The number of benzene rings is 2. The maximum Gasteiger partial charge on any atom is 0.341 e. The van der Waals surface area contributed by atoms with Gasteiger partial charge < -0.3 is 14.8 Å². The Morgan fingerprint density at radius 2 is 1.85 bits per heavy atom. The number of esters is 1. The molecule has 0 aliphatic rings. The van der Waals surface area contributed by atoms with Gasteiger partial charge in [0, 0.05) is 10.9 Å². The molecule has 0 atom stereocenters. The lowest BCUT2D eigenvalue weighted by molar-refractivity contribution is -0.118. The fourth-order valence-corrected chi connectivity index (χ4v) is 4.94. The minimum Gasteiger partial charge on any atom is -0.483 e. The third-order valence-electron chi connectivity index (χ3n) is 5.18. The monoisotopic (exact) mass is 529 g/mol. The topological polar surface area (TPSA) is 64.6 Å². The van der Waals surface area contributed by atoms with Gasteiger partial charge in [0.1, 0.15) is 16.3 Å². The number of halogens is 1. The molecular weight excluding hydrogens is 502 g/mol. The fraction of sp³-hybridized carbons (Fsp3) is 0.308. The molecule has 1 N–H and O–H groups in total. The van der Waals surface area contributed by atoms with Gasteiger partial charge in [-0.3, -0.25) is 4.79 Å². The highest BCUT2D eigenvalue weighted by Crippen LogP contribution is 2.38. The lowest BCUT2D eigenvalue weighted by Gasteiger charge is -2.12. The van der Waals surface area contributed by atoms with E-state index >= 15 is 0 Å². The van der Waals surface area contributed by atoms with E-state index in [2.05, 4.69) is 41.2 Å². The maximum absolute atomic E-state index is 12.8.